The molecule has 0 saturated heterocycles. The number of hydrogen-bond donors (Lipinski definition) is 1. The summed E-state index contributed by atoms with van der Waals surface area (Å²) in [7, 11) is 0. The number of aryl methyl sites for hydroxylation is 1. The van der Waals surface area contributed by atoms with Gasteiger partial charge in [0.1, 0.15) is 18.2 Å². The first kappa shape index (κ1) is 15.0. The molecule has 4 heteroatoms. The van der Waals surface area contributed by atoms with Gasteiger partial charge in [-0.3, -0.25) is 0 Å². The Kier molecular flexibility index (Phi) is 4.93. The van der Waals surface area contributed by atoms with Gasteiger partial charge in [0.25, 0.3) is 0 Å². The van der Waals surface area contributed by atoms with E-state index in [2.05, 4.69) is 6.92 Å². The number of rotatable bonds is 6. The minimum Gasteiger partial charge on any atom is -0.489 e. The highest BCUT2D eigenvalue weighted by atomic mass is 19.1. The number of ether oxygens (including phenoxy) is 1. The molecule has 21 heavy (non-hydrogen) atoms. The highest BCUT2D eigenvalue weighted by molar-refractivity contribution is 5.89. The Morgan fingerprint density at radius 3 is 2.52 bits per heavy atom. The first-order valence-corrected chi connectivity index (χ1v) is 6.83. The van der Waals surface area contributed by atoms with E-state index in [1.807, 2.05) is 24.3 Å². The van der Waals surface area contributed by atoms with E-state index in [0.717, 1.165) is 18.9 Å². The van der Waals surface area contributed by atoms with Crippen LogP contribution in [0.2, 0.25) is 0 Å². The quantitative estimate of drug-likeness (QED) is 0.872. The minimum atomic E-state index is -1.16. The van der Waals surface area contributed by atoms with E-state index in [1.54, 1.807) is 0 Å². The largest absolute Gasteiger partial charge is 0.489 e. The summed E-state index contributed by atoms with van der Waals surface area (Å²) in [6.45, 7) is 2.21. The second-order valence-electron chi connectivity index (χ2n) is 4.79. The standard InChI is InChI=1S/C17H17FO3/c1-2-3-12-4-8-15(9-5-12)21-11-13-6-7-14(18)10-16(13)17(19)20/h4-10H,2-3,11H2,1H3,(H,19,20). The van der Waals surface area contributed by atoms with Crippen molar-refractivity contribution in [2.45, 2.75) is 26.4 Å². The Morgan fingerprint density at radius 1 is 1.19 bits per heavy atom. The molecule has 0 bridgehead atoms. The normalized spacial score (nSPS) is 10.4. The lowest BCUT2D eigenvalue weighted by Gasteiger charge is -2.09. The number of hydrogen-bond acceptors (Lipinski definition) is 2. The molecule has 0 fully saturated rings. The maximum absolute atomic E-state index is 13.1. The zero-order chi connectivity index (χ0) is 15.2. The molecule has 0 aliphatic heterocycles. The lowest BCUT2D eigenvalue weighted by Crippen LogP contribution is -2.06. The van der Waals surface area contributed by atoms with Gasteiger partial charge >= 0.3 is 5.97 Å². The van der Waals surface area contributed by atoms with E-state index in [0.29, 0.717) is 11.3 Å². The number of benzene rings is 2. The molecule has 0 saturated carbocycles. The summed E-state index contributed by atoms with van der Waals surface area (Å²) >= 11 is 0. The summed E-state index contributed by atoms with van der Waals surface area (Å²) in [5.74, 6) is -1.07. The molecule has 0 atom stereocenters. The maximum Gasteiger partial charge on any atom is 0.336 e. The molecule has 2 aromatic rings. The lowest BCUT2D eigenvalue weighted by atomic mass is 10.1. The van der Waals surface area contributed by atoms with Crippen molar-refractivity contribution < 1.29 is 19.0 Å². The third kappa shape index (κ3) is 4.05. The van der Waals surface area contributed by atoms with Crippen LogP contribution in [-0.4, -0.2) is 11.1 Å². The fourth-order valence-corrected chi connectivity index (χ4v) is 2.08. The van der Waals surface area contributed by atoms with E-state index in [1.165, 1.54) is 17.7 Å². The third-order valence-electron chi connectivity index (χ3n) is 3.16. The average Bonchev–Trinajstić information content (AvgIpc) is 2.47. The highest BCUT2D eigenvalue weighted by Gasteiger charge is 2.11. The van der Waals surface area contributed by atoms with Crippen LogP contribution >= 0.6 is 0 Å². The van der Waals surface area contributed by atoms with Crippen LogP contribution in [-0.2, 0) is 13.0 Å². The molecule has 0 unspecified atom stereocenters. The second-order valence-corrected chi connectivity index (χ2v) is 4.79. The summed E-state index contributed by atoms with van der Waals surface area (Å²) in [6.07, 6.45) is 2.10. The first-order valence-electron chi connectivity index (χ1n) is 6.83. The Balaban J connectivity index is 2.07. The number of carbonyl (C=O) groups is 1. The molecular formula is C17H17FO3. The molecule has 3 nitrogen and oxygen atoms in total. The number of halogens is 1. The molecule has 0 aromatic heterocycles. The van der Waals surface area contributed by atoms with Gasteiger partial charge in [-0.1, -0.05) is 31.5 Å². The Hall–Kier alpha value is -2.36. The van der Waals surface area contributed by atoms with Crippen molar-refractivity contribution >= 4 is 5.97 Å². The van der Waals surface area contributed by atoms with Crippen molar-refractivity contribution in [2.24, 2.45) is 0 Å². The lowest BCUT2D eigenvalue weighted by molar-refractivity contribution is 0.0693. The monoisotopic (exact) mass is 288 g/mol. The fourth-order valence-electron chi connectivity index (χ4n) is 2.08. The number of carboxylic acid groups (broad SMARTS) is 1. The van der Waals surface area contributed by atoms with Crippen LogP contribution in [0.5, 0.6) is 5.75 Å². The van der Waals surface area contributed by atoms with Crippen LogP contribution in [0.4, 0.5) is 4.39 Å². The van der Waals surface area contributed by atoms with E-state index in [4.69, 9.17) is 9.84 Å². The third-order valence-corrected chi connectivity index (χ3v) is 3.16. The van der Waals surface area contributed by atoms with Crippen molar-refractivity contribution in [1.29, 1.82) is 0 Å². The maximum atomic E-state index is 13.1. The molecule has 110 valence electrons. The van der Waals surface area contributed by atoms with E-state index in [9.17, 15) is 9.18 Å². The summed E-state index contributed by atoms with van der Waals surface area (Å²) in [6, 6.07) is 11.4. The fraction of sp³-hybridized carbons (Fsp3) is 0.235. The SMILES string of the molecule is CCCc1ccc(OCc2ccc(F)cc2C(=O)O)cc1. The van der Waals surface area contributed by atoms with Gasteiger partial charge in [-0.2, -0.15) is 0 Å². The van der Waals surface area contributed by atoms with Gasteiger partial charge in [0.2, 0.25) is 0 Å². The predicted molar refractivity (Wildman–Crippen MR) is 78.1 cm³/mol. The summed E-state index contributed by atoms with van der Waals surface area (Å²) < 4.78 is 18.7. The van der Waals surface area contributed by atoms with Crippen molar-refractivity contribution in [3.8, 4) is 5.75 Å². The molecule has 0 aliphatic carbocycles. The molecule has 0 spiro atoms. The first-order chi connectivity index (χ1) is 10.1. The van der Waals surface area contributed by atoms with Gasteiger partial charge in [-0.25, -0.2) is 9.18 Å². The van der Waals surface area contributed by atoms with Crippen molar-refractivity contribution in [1.82, 2.24) is 0 Å². The van der Waals surface area contributed by atoms with Gasteiger partial charge in [0, 0.05) is 5.56 Å². The smallest absolute Gasteiger partial charge is 0.336 e. The van der Waals surface area contributed by atoms with Gasteiger partial charge in [-0.15, -0.1) is 0 Å². The van der Waals surface area contributed by atoms with Gasteiger partial charge in [0.05, 0.1) is 5.56 Å². The molecule has 2 rings (SSSR count). The van der Waals surface area contributed by atoms with Crippen molar-refractivity contribution in [2.75, 3.05) is 0 Å². The number of carboxylic acids is 1. The molecule has 0 heterocycles. The molecule has 0 aliphatic rings. The van der Waals surface area contributed by atoms with Crippen LogP contribution in [0, 0.1) is 5.82 Å². The zero-order valence-electron chi connectivity index (χ0n) is 11.8. The van der Waals surface area contributed by atoms with Gasteiger partial charge in [-0.05, 0) is 36.2 Å². The van der Waals surface area contributed by atoms with E-state index < -0.39 is 11.8 Å². The summed E-state index contributed by atoms with van der Waals surface area (Å²) in [5, 5.41) is 9.06. The Labute approximate surface area is 123 Å². The molecule has 2 aromatic carbocycles. The molecule has 0 amide bonds. The number of aromatic carboxylic acids is 1. The summed E-state index contributed by atoms with van der Waals surface area (Å²) in [4.78, 5) is 11.1. The zero-order valence-corrected chi connectivity index (χ0v) is 11.8. The van der Waals surface area contributed by atoms with Crippen LogP contribution in [0.15, 0.2) is 42.5 Å². The molecular weight excluding hydrogens is 271 g/mol. The van der Waals surface area contributed by atoms with Crippen LogP contribution in [0.1, 0.15) is 34.8 Å². The molecule has 0 radical (unpaired) electrons. The second kappa shape index (κ2) is 6.88. The average molecular weight is 288 g/mol. The Bertz CT molecular complexity index is 620. The van der Waals surface area contributed by atoms with Crippen LogP contribution < -0.4 is 4.74 Å². The predicted octanol–water partition coefficient (Wildman–Crippen LogP) is 4.06. The van der Waals surface area contributed by atoms with Crippen molar-refractivity contribution in [3.05, 3.63) is 65.0 Å². The van der Waals surface area contributed by atoms with Gasteiger partial charge < -0.3 is 9.84 Å². The highest BCUT2D eigenvalue weighted by Crippen LogP contribution is 2.17. The Morgan fingerprint density at radius 2 is 1.90 bits per heavy atom. The van der Waals surface area contributed by atoms with E-state index >= 15 is 0 Å². The topological polar surface area (TPSA) is 46.5 Å². The van der Waals surface area contributed by atoms with Crippen LogP contribution in [0.3, 0.4) is 0 Å². The summed E-state index contributed by atoms with van der Waals surface area (Å²) in [5.41, 5.74) is 1.61. The van der Waals surface area contributed by atoms with Gasteiger partial charge in [0.15, 0.2) is 0 Å². The van der Waals surface area contributed by atoms with Crippen LogP contribution in [0.25, 0.3) is 0 Å². The van der Waals surface area contributed by atoms with Crippen molar-refractivity contribution in [3.63, 3.8) is 0 Å². The molecule has 1 N–H and O–H groups in total. The minimum absolute atomic E-state index is 0.0717. The van der Waals surface area contributed by atoms with E-state index in [-0.39, 0.29) is 12.2 Å².